The Hall–Kier alpha value is -0.890. The van der Waals surface area contributed by atoms with Crippen LogP contribution in [0.1, 0.15) is 5.56 Å². The van der Waals surface area contributed by atoms with Gasteiger partial charge in [0.1, 0.15) is 11.5 Å². The van der Waals surface area contributed by atoms with Crippen molar-refractivity contribution < 1.29 is 9.84 Å². The van der Waals surface area contributed by atoms with Crippen LogP contribution in [0.3, 0.4) is 0 Å². The van der Waals surface area contributed by atoms with Crippen molar-refractivity contribution in [1.29, 1.82) is 0 Å². The zero-order valence-corrected chi connectivity index (χ0v) is 7.14. The van der Waals surface area contributed by atoms with Gasteiger partial charge in [-0.15, -0.1) is 0 Å². The van der Waals surface area contributed by atoms with Crippen molar-refractivity contribution in [3.63, 3.8) is 0 Å². The van der Waals surface area contributed by atoms with Crippen LogP contribution in [0.5, 0.6) is 11.5 Å². The van der Waals surface area contributed by atoms with Crippen LogP contribution in [0.25, 0.3) is 0 Å². The Morgan fingerprint density at radius 1 is 1.45 bits per heavy atom. The summed E-state index contributed by atoms with van der Waals surface area (Å²) in [7, 11) is 1.55. The molecule has 2 nitrogen and oxygen atoms in total. The third-order valence-electron chi connectivity index (χ3n) is 1.55. The van der Waals surface area contributed by atoms with Gasteiger partial charge in [0.15, 0.2) is 0 Å². The maximum Gasteiger partial charge on any atom is 0.140 e. The highest BCUT2D eigenvalue weighted by atomic mass is 35.5. The molecule has 0 aliphatic rings. The number of aromatic hydroxyl groups is 1. The first-order valence-corrected chi connectivity index (χ1v) is 3.56. The highest BCUT2D eigenvalue weighted by Crippen LogP contribution is 2.32. The minimum absolute atomic E-state index is 0.0889. The van der Waals surface area contributed by atoms with Gasteiger partial charge in [-0.1, -0.05) is 11.6 Å². The topological polar surface area (TPSA) is 29.5 Å². The molecule has 0 unspecified atom stereocenters. The highest BCUT2D eigenvalue weighted by molar-refractivity contribution is 6.32. The van der Waals surface area contributed by atoms with Crippen molar-refractivity contribution >= 4 is 11.6 Å². The SMILES string of the molecule is COc1ccc(Cl)c(O)c1C. The summed E-state index contributed by atoms with van der Waals surface area (Å²) in [4.78, 5) is 0. The second-order valence-electron chi connectivity index (χ2n) is 2.22. The van der Waals surface area contributed by atoms with Gasteiger partial charge in [0.2, 0.25) is 0 Å². The van der Waals surface area contributed by atoms with Crippen LogP contribution in [-0.2, 0) is 0 Å². The molecule has 0 aromatic heterocycles. The molecule has 1 aromatic rings. The van der Waals surface area contributed by atoms with E-state index >= 15 is 0 Å². The van der Waals surface area contributed by atoms with E-state index in [9.17, 15) is 5.11 Å². The fraction of sp³-hybridized carbons (Fsp3) is 0.250. The van der Waals surface area contributed by atoms with Crippen LogP contribution in [0, 0.1) is 6.92 Å². The van der Waals surface area contributed by atoms with Gasteiger partial charge in [0, 0.05) is 5.56 Å². The molecule has 1 N–H and O–H groups in total. The Bertz CT molecular complexity index is 271. The molecule has 11 heavy (non-hydrogen) atoms. The Morgan fingerprint density at radius 3 is 2.64 bits per heavy atom. The number of hydrogen-bond acceptors (Lipinski definition) is 2. The van der Waals surface area contributed by atoms with Gasteiger partial charge in [-0.05, 0) is 19.1 Å². The molecular weight excluding hydrogens is 164 g/mol. The number of rotatable bonds is 1. The lowest BCUT2D eigenvalue weighted by Crippen LogP contribution is -1.86. The number of hydrogen-bond donors (Lipinski definition) is 1. The van der Waals surface area contributed by atoms with E-state index in [-0.39, 0.29) is 5.75 Å². The highest BCUT2D eigenvalue weighted by Gasteiger charge is 2.06. The van der Waals surface area contributed by atoms with Crippen LogP contribution in [0.15, 0.2) is 12.1 Å². The monoisotopic (exact) mass is 172 g/mol. The number of halogens is 1. The lowest BCUT2D eigenvalue weighted by molar-refractivity contribution is 0.403. The third-order valence-corrected chi connectivity index (χ3v) is 1.86. The largest absolute Gasteiger partial charge is 0.506 e. The number of benzene rings is 1. The Labute approximate surface area is 70.4 Å². The molecule has 3 heteroatoms. The number of ether oxygens (including phenoxy) is 1. The Kier molecular flexibility index (Phi) is 2.25. The van der Waals surface area contributed by atoms with Crippen molar-refractivity contribution in [2.45, 2.75) is 6.92 Å². The van der Waals surface area contributed by atoms with Crippen LogP contribution >= 0.6 is 11.6 Å². The average Bonchev–Trinajstić information content (AvgIpc) is 2.01. The lowest BCUT2D eigenvalue weighted by atomic mass is 10.2. The average molecular weight is 173 g/mol. The maximum atomic E-state index is 9.31. The number of phenolic OH excluding ortho intramolecular Hbond substituents is 1. The van der Waals surface area contributed by atoms with Crippen molar-refractivity contribution in [1.82, 2.24) is 0 Å². The van der Waals surface area contributed by atoms with Gasteiger partial charge in [0.25, 0.3) is 0 Å². The van der Waals surface area contributed by atoms with E-state index in [0.29, 0.717) is 16.3 Å². The normalized spacial score (nSPS) is 9.73. The van der Waals surface area contributed by atoms with Crippen LogP contribution in [0.2, 0.25) is 5.02 Å². The van der Waals surface area contributed by atoms with E-state index in [1.54, 1.807) is 26.2 Å². The molecule has 0 fully saturated rings. The van der Waals surface area contributed by atoms with Gasteiger partial charge < -0.3 is 9.84 Å². The summed E-state index contributed by atoms with van der Waals surface area (Å²) in [6.07, 6.45) is 0. The molecule has 0 bridgehead atoms. The molecule has 1 aromatic carbocycles. The fourth-order valence-corrected chi connectivity index (χ4v) is 1.07. The molecule has 0 aliphatic heterocycles. The summed E-state index contributed by atoms with van der Waals surface area (Å²) < 4.78 is 4.96. The first kappa shape index (κ1) is 8.21. The molecule has 0 saturated carbocycles. The van der Waals surface area contributed by atoms with Gasteiger partial charge in [-0.3, -0.25) is 0 Å². The van der Waals surface area contributed by atoms with Crippen molar-refractivity contribution in [2.75, 3.05) is 7.11 Å². The van der Waals surface area contributed by atoms with E-state index in [1.165, 1.54) is 0 Å². The minimum Gasteiger partial charge on any atom is -0.506 e. The van der Waals surface area contributed by atoms with Crippen molar-refractivity contribution in [3.05, 3.63) is 22.7 Å². The third kappa shape index (κ3) is 1.40. The molecule has 0 heterocycles. The van der Waals surface area contributed by atoms with Crippen LogP contribution in [0.4, 0.5) is 0 Å². The predicted octanol–water partition coefficient (Wildman–Crippen LogP) is 2.36. The maximum absolute atomic E-state index is 9.31. The fourth-order valence-electron chi connectivity index (χ4n) is 0.870. The summed E-state index contributed by atoms with van der Waals surface area (Å²) in [5, 5.41) is 9.66. The Balaban J connectivity index is 3.25. The molecule has 0 radical (unpaired) electrons. The first-order chi connectivity index (χ1) is 5.16. The molecule has 0 aliphatic carbocycles. The summed E-state index contributed by atoms with van der Waals surface area (Å²) >= 11 is 5.64. The molecule has 0 saturated heterocycles. The standard InChI is InChI=1S/C8H9ClO2/c1-5-7(11-2)4-3-6(9)8(5)10/h3-4,10H,1-2H3. The first-order valence-electron chi connectivity index (χ1n) is 3.19. The molecule has 1 rings (SSSR count). The van der Waals surface area contributed by atoms with Gasteiger partial charge in [-0.25, -0.2) is 0 Å². The van der Waals surface area contributed by atoms with Gasteiger partial charge in [0.05, 0.1) is 12.1 Å². The quantitative estimate of drug-likeness (QED) is 0.705. The lowest BCUT2D eigenvalue weighted by Gasteiger charge is -2.06. The van der Waals surface area contributed by atoms with E-state index < -0.39 is 0 Å². The molecule has 0 atom stereocenters. The smallest absolute Gasteiger partial charge is 0.140 e. The number of methoxy groups -OCH3 is 1. The molecule has 0 spiro atoms. The van der Waals surface area contributed by atoms with Crippen molar-refractivity contribution in [2.24, 2.45) is 0 Å². The van der Waals surface area contributed by atoms with Crippen LogP contribution < -0.4 is 4.74 Å². The van der Waals surface area contributed by atoms with E-state index in [1.807, 2.05) is 0 Å². The summed E-state index contributed by atoms with van der Waals surface area (Å²) in [6.45, 7) is 1.75. The Morgan fingerprint density at radius 2 is 2.09 bits per heavy atom. The molecule has 60 valence electrons. The van der Waals surface area contributed by atoms with E-state index in [4.69, 9.17) is 16.3 Å². The molecular formula is C8H9ClO2. The van der Waals surface area contributed by atoms with E-state index in [2.05, 4.69) is 0 Å². The second-order valence-corrected chi connectivity index (χ2v) is 2.63. The predicted molar refractivity (Wildman–Crippen MR) is 44.4 cm³/mol. The van der Waals surface area contributed by atoms with Gasteiger partial charge in [-0.2, -0.15) is 0 Å². The van der Waals surface area contributed by atoms with Gasteiger partial charge >= 0.3 is 0 Å². The van der Waals surface area contributed by atoms with Crippen molar-refractivity contribution in [3.8, 4) is 11.5 Å². The summed E-state index contributed by atoms with van der Waals surface area (Å²) in [5.74, 6) is 0.734. The summed E-state index contributed by atoms with van der Waals surface area (Å²) in [6, 6.07) is 3.32. The zero-order chi connectivity index (χ0) is 8.43. The van der Waals surface area contributed by atoms with E-state index in [0.717, 1.165) is 0 Å². The number of phenols is 1. The second kappa shape index (κ2) is 3.01. The van der Waals surface area contributed by atoms with Crippen LogP contribution in [-0.4, -0.2) is 12.2 Å². The molecule has 0 amide bonds. The minimum atomic E-state index is 0.0889. The zero-order valence-electron chi connectivity index (χ0n) is 6.39. The summed E-state index contributed by atoms with van der Waals surface area (Å²) in [5.41, 5.74) is 0.667.